The first-order valence-electron chi connectivity index (χ1n) is 9.25. The molecule has 0 aromatic rings. The van der Waals surface area contributed by atoms with E-state index in [-0.39, 0.29) is 17.9 Å². The number of rotatable bonds is 5. The van der Waals surface area contributed by atoms with E-state index >= 15 is 0 Å². The molecule has 0 aromatic heterocycles. The Balaban J connectivity index is 2.17. The molecule has 2 fully saturated rings. The van der Waals surface area contributed by atoms with Crippen molar-refractivity contribution in [2.75, 3.05) is 0 Å². The molecule has 26 heavy (non-hydrogen) atoms. The number of aliphatic hydroxyl groups excluding tert-OH is 2. The maximum atomic E-state index is 11.7. The third-order valence-electron chi connectivity index (χ3n) is 5.45. The summed E-state index contributed by atoms with van der Waals surface area (Å²) in [5.41, 5.74) is 0. The highest BCUT2D eigenvalue weighted by molar-refractivity contribution is 5.73. The highest BCUT2D eigenvalue weighted by atomic mass is 16.7. The van der Waals surface area contributed by atoms with Crippen molar-refractivity contribution in [2.24, 2.45) is 17.8 Å². The lowest BCUT2D eigenvalue weighted by atomic mass is 9.85. The average Bonchev–Trinajstić information content (AvgIpc) is 2.56. The van der Waals surface area contributed by atoms with Crippen LogP contribution in [0, 0.1) is 17.8 Å². The molecule has 2 aliphatic rings. The lowest BCUT2D eigenvalue weighted by Gasteiger charge is -2.46. The summed E-state index contributed by atoms with van der Waals surface area (Å²) < 4.78 is 22.8. The molecule has 10 atom stereocenters. The topological polar surface area (TPSA) is 115 Å². The maximum absolute atomic E-state index is 11.7. The Morgan fingerprint density at radius 2 is 1.54 bits per heavy atom. The van der Waals surface area contributed by atoms with Crippen molar-refractivity contribution in [3.8, 4) is 0 Å². The Bertz CT molecular complexity index is 484. The summed E-state index contributed by atoms with van der Waals surface area (Å²) in [6, 6.07) is 0. The summed E-state index contributed by atoms with van der Waals surface area (Å²) in [7, 11) is 0. The summed E-state index contributed by atoms with van der Waals surface area (Å²) in [4.78, 5) is 11.7. The number of carbonyl (C=O) groups is 1. The van der Waals surface area contributed by atoms with Crippen LogP contribution in [0.25, 0.3) is 0 Å². The number of carboxylic acids is 1. The third-order valence-corrected chi connectivity index (χ3v) is 5.45. The number of ether oxygens (including phenoxy) is 4. The first-order valence-corrected chi connectivity index (χ1v) is 9.25. The smallest absolute Gasteiger partial charge is 0.335 e. The first-order chi connectivity index (χ1) is 12.0. The van der Waals surface area contributed by atoms with Gasteiger partial charge in [0.15, 0.2) is 18.7 Å². The molecule has 8 heteroatoms. The normalized spacial score (nSPS) is 47.1. The predicted molar refractivity (Wildman–Crippen MR) is 91.2 cm³/mol. The van der Waals surface area contributed by atoms with Crippen LogP contribution in [0.2, 0.25) is 0 Å². The van der Waals surface area contributed by atoms with Gasteiger partial charge in [0.05, 0.1) is 24.4 Å². The molecular weight excluding hydrogens is 344 g/mol. The molecule has 0 bridgehead atoms. The van der Waals surface area contributed by atoms with Gasteiger partial charge >= 0.3 is 5.97 Å². The van der Waals surface area contributed by atoms with Crippen molar-refractivity contribution < 1.29 is 39.1 Å². The zero-order valence-electron chi connectivity index (χ0n) is 16.2. The van der Waals surface area contributed by atoms with Crippen LogP contribution < -0.4 is 0 Å². The Morgan fingerprint density at radius 3 is 2.08 bits per heavy atom. The zero-order chi connectivity index (χ0) is 19.8. The standard InChI is InChI=1S/C18H32O8/c1-7(2)23-18-10(5)13(20)14(15(26-18)16(21)22)25-17-9(4)8(3)12(19)11(6)24-17/h7-15,17-20H,1-6H3,(H,21,22)/t8-,9?,10?,11?,12+,13-,14+,15?,17-,18-/m1/s1. The van der Waals surface area contributed by atoms with Gasteiger partial charge in [-0.15, -0.1) is 0 Å². The number of carboxylic acid groups (broad SMARTS) is 1. The van der Waals surface area contributed by atoms with Crippen LogP contribution in [0.4, 0.5) is 0 Å². The molecule has 2 saturated heterocycles. The molecule has 2 rings (SSSR count). The monoisotopic (exact) mass is 376 g/mol. The van der Waals surface area contributed by atoms with Crippen molar-refractivity contribution in [2.45, 2.75) is 90.7 Å². The second-order valence-electron chi connectivity index (χ2n) is 7.82. The van der Waals surface area contributed by atoms with Gasteiger partial charge in [-0.25, -0.2) is 4.79 Å². The molecule has 3 N–H and O–H groups in total. The van der Waals surface area contributed by atoms with E-state index in [1.807, 2.05) is 27.7 Å². The second-order valence-corrected chi connectivity index (χ2v) is 7.82. The minimum Gasteiger partial charge on any atom is -0.479 e. The van der Waals surface area contributed by atoms with Gasteiger partial charge in [0, 0.05) is 11.8 Å². The number of aliphatic hydroxyl groups is 2. The Labute approximate surface area is 154 Å². The molecule has 152 valence electrons. The van der Waals surface area contributed by atoms with E-state index < -0.39 is 55.0 Å². The van der Waals surface area contributed by atoms with Gasteiger partial charge < -0.3 is 34.3 Å². The fourth-order valence-electron chi connectivity index (χ4n) is 3.47. The van der Waals surface area contributed by atoms with Crippen LogP contribution >= 0.6 is 0 Å². The molecule has 0 saturated carbocycles. The van der Waals surface area contributed by atoms with E-state index in [0.29, 0.717) is 0 Å². The van der Waals surface area contributed by atoms with Crippen molar-refractivity contribution in [1.29, 1.82) is 0 Å². The van der Waals surface area contributed by atoms with Crippen molar-refractivity contribution in [3.63, 3.8) is 0 Å². The highest BCUT2D eigenvalue weighted by Gasteiger charge is 2.50. The Morgan fingerprint density at radius 1 is 0.923 bits per heavy atom. The summed E-state index contributed by atoms with van der Waals surface area (Å²) in [6.07, 6.45) is -6.41. The Kier molecular flexibility index (Phi) is 7.04. The van der Waals surface area contributed by atoms with Crippen LogP contribution in [0.5, 0.6) is 0 Å². The predicted octanol–water partition coefficient (Wildman–Crippen LogP) is 0.981. The third kappa shape index (κ3) is 4.37. The molecule has 8 nitrogen and oxygen atoms in total. The van der Waals surface area contributed by atoms with Crippen molar-refractivity contribution in [1.82, 2.24) is 0 Å². The second kappa shape index (κ2) is 8.50. The molecular formula is C18H32O8. The molecule has 4 unspecified atom stereocenters. The van der Waals surface area contributed by atoms with Gasteiger partial charge in [-0.2, -0.15) is 0 Å². The molecule has 2 heterocycles. The summed E-state index contributed by atoms with van der Waals surface area (Å²) in [5.74, 6) is -1.98. The number of hydrogen-bond acceptors (Lipinski definition) is 7. The van der Waals surface area contributed by atoms with E-state index in [1.165, 1.54) is 0 Å². The van der Waals surface area contributed by atoms with Crippen molar-refractivity contribution >= 4 is 5.97 Å². The van der Waals surface area contributed by atoms with Gasteiger partial charge in [0.1, 0.15) is 6.10 Å². The van der Waals surface area contributed by atoms with Crippen LogP contribution in [-0.2, 0) is 23.7 Å². The maximum Gasteiger partial charge on any atom is 0.335 e. The fourth-order valence-corrected chi connectivity index (χ4v) is 3.47. The van der Waals surface area contributed by atoms with Crippen LogP contribution in [-0.4, -0.2) is 70.5 Å². The molecule has 0 spiro atoms. The minimum atomic E-state index is -1.38. The van der Waals surface area contributed by atoms with E-state index in [9.17, 15) is 20.1 Å². The number of hydrogen-bond donors (Lipinski definition) is 3. The average molecular weight is 376 g/mol. The number of aliphatic carboxylic acids is 1. The van der Waals surface area contributed by atoms with E-state index in [2.05, 4.69) is 0 Å². The van der Waals surface area contributed by atoms with Crippen LogP contribution in [0.1, 0.15) is 41.5 Å². The summed E-state index contributed by atoms with van der Waals surface area (Å²) in [5, 5.41) is 30.4. The molecule has 0 radical (unpaired) electrons. The molecule has 2 aliphatic heterocycles. The fraction of sp³-hybridized carbons (Fsp3) is 0.944. The van der Waals surface area contributed by atoms with Crippen LogP contribution in [0.15, 0.2) is 0 Å². The summed E-state index contributed by atoms with van der Waals surface area (Å²) >= 11 is 0. The van der Waals surface area contributed by atoms with E-state index in [4.69, 9.17) is 18.9 Å². The van der Waals surface area contributed by atoms with Gasteiger partial charge in [-0.3, -0.25) is 0 Å². The Hall–Kier alpha value is -0.770. The first kappa shape index (κ1) is 21.5. The largest absolute Gasteiger partial charge is 0.479 e. The van der Waals surface area contributed by atoms with E-state index in [1.54, 1.807) is 13.8 Å². The van der Waals surface area contributed by atoms with Crippen LogP contribution in [0.3, 0.4) is 0 Å². The lowest BCUT2D eigenvalue weighted by molar-refractivity contribution is -0.334. The van der Waals surface area contributed by atoms with E-state index in [0.717, 1.165) is 0 Å². The molecule has 0 aromatic carbocycles. The zero-order valence-corrected chi connectivity index (χ0v) is 16.2. The van der Waals surface area contributed by atoms with Gasteiger partial charge in [0.25, 0.3) is 0 Å². The SMILES string of the molecule is CC(C)O[C@@H]1OC(C(=O)O)[C@@H](O[C@H]2OC(C)[C@@H](O)[C@H](C)C2C)[C@H](O)C1C. The highest BCUT2D eigenvalue weighted by Crippen LogP contribution is 2.36. The quantitative estimate of drug-likeness (QED) is 0.651. The summed E-state index contributed by atoms with van der Waals surface area (Å²) in [6.45, 7) is 10.8. The van der Waals surface area contributed by atoms with Gasteiger partial charge in [0.2, 0.25) is 0 Å². The van der Waals surface area contributed by atoms with Gasteiger partial charge in [-0.05, 0) is 26.7 Å². The molecule has 0 aliphatic carbocycles. The minimum absolute atomic E-state index is 0.0943. The molecule has 0 amide bonds. The lowest BCUT2D eigenvalue weighted by Crippen LogP contribution is -2.60. The van der Waals surface area contributed by atoms with Gasteiger partial charge in [-0.1, -0.05) is 20.8 Å². The van der Waals surface area contributed by atoms with Crippen molar-refractivity contribution in [3.05, 3.63) is 0 Å².